The molecule has 1 atom stereocenters. The highest BCUT2D eigenvalue weighted by Gasteiger charge is 2.33. The van der Waals surface area contributed by atoms with E-state index in [1.807, 2.05) is 42.5 Å². The van der Waals surface area contributed by atoms with Gasteiger partial charge >= 0.3 is 0 Å². The lowest BCUT2D eigenvalue weighted by molar-refractivity contribution is -0.126. The quantitative estimate of drug-likeness (QED) is 0.563. The molecule has 1 aliphatic carbocycles. The van der Waals surface area contributed by atoms with E-state index in [-0.39, 0.29) is 17.9 Å². The highest BCUT2D eigenvalue weighted by molar-refractivity contribution is 5.96. The summed E-state index contributed by atoms with van der Waals surface area (Å²) in [7, 11) is 0. The molecule has 4 rings (SSSR count). The molecule has 0 spiro atoms. The summed E-state index contributed by atoms with van der Waals surface area (Å²) < 4.78 is 0. The predicted molar refractivity (Wildman–Crippen MR) is 127 cm³/mol. The van der Waals surface area contributed by atoms with Gasteiger partial charge in [-0.2, -0.15) is 0 Å². The second-order valence-electron chi connectivity index (χ2n) is 8.48. The second kappa shape index (κ2) is 11.4. The van der Waals surface area contributed by atoms with E-state index >= 15 is 0 Å². The van der Waals surface area contributed by atoms with E-state index < -0.39 is 6.04 Å². The number of pyridine rings is 2. The monoisotopic (exact) mass is 442 g/mol. The number of hydrogen-bond donors (Lipinski definition) is 1. The van der Waals surface area contributed by atoms with E-state index in [1.165, 1.54) is 6.42 Å². The Morgan fingerprint density at radius 2 is 1.64 bits per heavy atom. The maximum atomic E-state index is 13.7. The Bertz CT molecular complexity index is 1020. The predicted octanol–water partition coefficient (Wildman–Crippen LogP) is 4.35. The van der Waals surface area contributed by atoms with Crippen LogP contribution in [0.3, 0.4) is 0 Å². The minimum Gasteiger partial charge on any atom is -0.351 e. The Labute approximate surface area is 195 Å². The zero-order valence-electron chi connectivity index (χ0n) is 18.8. The molecule has 0 saturated heterocycles. The third-order valence-corrected chi connectivity index (χ3v) is 6.16. The molecule has 33 heavy (non-hydrogen) atoms. The van der Waals surface area contributed by atoms with Crippen molar-refractivity contribution >= 4 is 11.8 Å². The van der Waals surface area contributed by atoms with Crippen LogP contribution in [0.2, 0.25) is 0 Å². The van der Waals surface area contributed by atoms with Crippen LogP contribution < -0.4 is 5.32 Å². The van der Waals surface area contributed by atoms with Crippen LogP contribution >= 0.6 is 0 Å². The topological polar surface area (TPSA) is 75.2 Å². The molecule has 1 fully saturated rings. The van der Waals surface area contributed by atoms with Crippen LogP contribution in [0.4, 0.5) is 0 Å². The first kappa shape index (κ1) is 22.6. The van der Waals surface area contributed by atoms with Crippen molar-refractivity contribution in [2.24, 2.45) is 0 Å². The maximum Gasteiger partial charge on any atom is 0.273 e. The smallest absolute Gasteiger partial charge is 0.273 e. The summed E-state index contributed by atoms with van der Waals surface area (Å²) in [5.74, 6) is -0.405. The van der Waals surface area contributed by atoms with Gasteiger partial charge in [0, 0.05) is 31.2 Å². The molecule has 2 heterocycles. The lowest BCUT2D eigenvalue weighted by atomic mass is 9.94. The van der Waals surface area contributed by atoms with Crippen molar-refractivity contribution in [2.45, 2.75) is 50.6 Å². The Balaban J connectivity index is 1.66. The number of nitrogens with zero attached hydrogens (tertiary/aromatic N) is 3. The number of carbonyl (C=O) groups is 2. The molecule has 170 valence electrons. The van der Waals surface area contributed by atoms with Gasteiger partial charge in [-0.15, -0.1) is 0 Å². The summed E-state index contributed by atoms with van der Waals surface area (Å²) in [6.07, 6.45) is 11.0. The molecule has 1 N–H and O–H groups in total. The number of amides is 2. The molecule has 1 aromatic carbocycles. The van der Waals surface area contributed by atoms with Crippen molar-refractivity contribution in [3.63, 3.8) is 0 Å². The minimum absolute atomic E-state index is 0.148. The van der Waals surface area contributed by atoms with Gasteiger partial charge in [0.25, 0.3) is 5.91 Å². The van der Waals surface area contributed by atoms with Gasteiger partial charge in [-0.05, 0) is 54.7 Å². The molecule has 2 amide bonds. The molecule has 0 bridgehead atoms. The normalized spacial score (nSPS) is 14.9. The fourth-order valence-corrected chi connectivity index (χ4v) is 4.42. The Morgan fingerprint density at radius 3 is 2.33 bits per heavy atom. The highest BCUT2D eigenvalue weighted by atomic mass is 16.2. The minimum atomic E-state index is -0.756. The van der Waals surface area contributed by atoms with Crippen LogP contribution in [0.25, 0.3) is 0 Å². The van der Waals surface area contributed by atoms with Crippen molar-refractivity contribution in [3.05, 3.63) is 96.1 Å². The lowest BCUT2D eigenvalue weighted by Crippen LogP contribution is -2.47. The van der Waals surface area contributed by atoms with Gasteiger partial charge in [-0.3, -0.25) is 19.6 Å². The first-order valence-electron chi connectivity index (χ1n) is 11.7. The van der Waals surface area contributed by atoms with Gasteiger partial charge in [0.05, 0.1) is 0 Å². The van der Waals surface area contributed by atoms with Crippen molar-refractivity contribution in [3.8, 4) is 0 Å². The molecule has 1 aliphatic rings. The molecule has 0 radical (unpaired) electrons. The van der Waals surface area contributed by atoms with Crippen LogP contribution in [0.15, 0.2) is 79.3 Å². The van der Waals surface area contributed by atoms with Crippen LogP contribution in [0.5, 0.6) is 0 Å². The van der Waals surface area contributed by atoms with Crippen LogP contribution in [0, 0.1) is 0 Å². The van der Waals surface area contributed by atoms with E-state index in [4.69, 9.17) is 0 Å². The highest BCUT2D eigenvalue weighted by Crippen LogP contribution is 2.25. The summed E-state index contributed by atoms with van der Waals surface area (Å²) in [5, 5.41) is 3.23. The SMILES string of the molecule is O=C(NC1CCCCC1)C(c1ccncc1)N(CCc1ccccc1)C(=O)c1ccccn1. The Hall–Kier alpha value is -3.54. The van der Waals surface area contributed by atoms with Crippen molar-refractivity contribution in [1.29, 1.82) is 0 Å². The number of aromatic nitrogens is 2. The molecule has 6 heteroatoms. The van der Waals surface area contributed by atoms with Crippen molar-refractivity contribution in [2.75, 3.05) is 6.54 Å². The Morgan fingerprint density at radius 1 is 0.909 bits per heavy atom. The van der Waals surface area contributed by atoms with Crippen LogP contribution in [-0.4, -0.2) is 39.3 Å². The van der Waals surface area contributed by atoms with E-state index in [0.29, 0.717) is 18.7 Å². The fourth-order valence-electron chi connectivity index (χ4n) is 4.42. The molecular weight excluding hydrogens is 412 g/mol. The first-order chi connectivity index (χ1) is 16.2. The number of rotatable bonds is 8. The van der Waals surface area contributed by atoms with Crippen molar-refractivity contribution < 1.29 is 9.59 Å². The van der Waals surface area contributed by atoms with Gasteiger partial charge < -0.3 is 10.2 Å². The van der Waals surface area contributed by atoms with E-state index in [9.17, 15) is 9.59 Å². The standard InChI is InChI=1S/C27H30N4O2/c32-26(30-23-11-5-2-6-12-23)25(22-14-18-28-19-15-22)31(20-16-21-9-3-1-4-10-21)27(33)24-13-7-8-17-29-24/h1,3-4,7-10,13-15,17-19,23,25H,2,5-6,11-12,16,20H2,(H,30,32). The van der Waals surface area contributed by atoms with Gasteiger partial charge in [-0.25, -0.2) is 0 Å². The third-order valence-electron chi connectivity index (χ3n) is 6.16. The number of carbonyl (C=O) groups excluding carboxylic acids is 2. The average molecular weight is 443 g/mol. The molecule has 2 aromatic heterocycles. The van der Waals surface area contributed by atoms with E-state index in [0.717, 1.165) is 36.8 Å². The summed E-state index contributed by atoms with van der Waals surface area (Å²) in [6, 6.07) is 18.3. The van der Waals surface area contributed by atoms with Crippen LogP contribution in [0.1, 0.15) is 59.8 Å². The summed E-state index contributed by atoms with van der Waals surface area (Å²) in [6.45, 7) is 0.393. The zero-order chi connectivity index (χ0) is 22.9. The third kappa shape index (κ3) is 6.04. The molecule has 6 nitrogen and oxygen atoms in total. The first-order valence-corrected chi connectivity index (χ1v) is 11.7. The number of benzene rings is 1. The second-order valence-corrected chi connectivity index (χ2v) is 8.48. The van der Waals surface area contributed by atoms with Gasteiger partial charge in [0.15, 0.2) is 0 Å². The van der Waals surface area contributed by atoms with E-state index in [1.54, 1.807) is 41.7 Å². The number of hydrogen-bond acceptors (Lipinski definition) is 4. The molecule has 1 unspecified atom stereocenters. The molecule has 0 aliphatic heterocycles. The Kier molecular flexibility index (Phi) is 7.80. The van der Waals surface area contributed by atoms with Gasteiger partial charge in [0.1, 0.15) is 11.7 Å². The molecule has 3 aromatic rings. The summed E-state index contributed by atoms with van der Waals surface area (Å²) >= 11 is 0. The average Bonchev–Trinajstić information content (AvgIpc) is 2.88. The largest absolute Gasteiger partial charge is 0.351 e. The molecular formula is C27H30N4O2. The zero-order valence-corrected chi connectivity index (χ0v) is 18.8. The van der Waals surface area contributed by atoms with Gasteiger partial charge in [-0.1, -0.05) is 55.7 Å². The van der Waals surface area contributed by atoms with Crippen LogP contribution in [-0.2, 0) is 11.2 Å². The summed E-state index contributed by atoms with van der Waals surface area (Å²) in [4.78, 5) is 37.3. The fraction of sp³-hybridized carbons (Fsp3) is 0.333. The molecule has 1 saturated carbocycles. The number of nitrogens with one attached hydrogen (secondary N) is 1. The van der Waals surface area contributed by atoms with Crippen molar-refractivity contribution in [1.82, 2.24) is 20.2 Å². The summed E-state index contributed by atoms with van der Waals surface area (Å²) in [5.41, 5.74) is 2.18. The lowest BCUT2D eigenvalue weighted by Gasteiger charge is -2.33. The maximum absolute atomic E-state index is 13.7. The van der Waals surface area contributed by atoms with Gasteiger partial charge in [0.2, 0.25) is 5.91 Å². The van der Waals surface area contributed by atoms with E-state index in [2.05, 4.69) is 15.3 Å².